The first-order valence-electron chi connectivity index (χ1n) is 5.40. The van der Waals surface area contributed by atoms with Crippen molar-refractivity contribution in [1.29, 1.82) is 0 Å². The molecule has 0 fully saturated rings. The molecular weight excluding hydrogens is 356 g/mol. The Bertz CT molecular complexity index is 603. The zero-order valence-electron chi connectivity index (χ0n) is 9.44. The fourth-order valence-corrected chi connectivity index (χ4v) is 2.42. The second kappa shape index (κ2) is 6.12. The third-order valence-electron chi connectivity index (χ3n) is 2.46. The van der Waals surface area contributed by atoms with E-state index in [0.29, 0.717) is 5.56 Å². The van der Waals surface area contributed by atoms with Gasteiger partial charge in [0, 0.05) is 14.5 Å². The molecule has 0 aliphatic carbocycles. The predicted molar refractivity (Wildman–Crippen MR) is 81.6 cm³/mol. The van der Waals surface area contributed by atoms with E-state index in [0.717, 1.165) is 14.5 Å². The Morgan fingerprint density at radius 1 is 0.889 bits per heavy atom. The molecule has 0 saturated carbocycles. The summed E-state index contributed by atoms with van der Waals surface area (Å²) in [6.45, 7) is 0. The monoisotopic (exact) mass is 364 g/mol. The minimum atomic E-state index is -0.0155. The van der Waals surface area contributed by atoms with Crippen molar-refractivity contribution in [3.05, 3.63) is 74.7 Å². The van der Waals surface area contributed by atoms with Gasteiger partial charge in [-0.15, -0.1) is 0 Å². The van der Waals surface area contributed by atoms with E-state index in [2.05, 4.69) is 31.9 Å². The maximum atomic E-state index is 12.0. The summed E-state index contributed by atoms with van der Waals surface area (Å²) in [7, 11) is 0. The number of carbonyl (C=O) groups excluding carboxylic acids is 1. The first kappa shape index (κ1) is 13.2. The zero-order valence-corrected chi connectivity index (χ0v) is 12.6. The Morgan fingerprint density at radius 3 is 2.17 bits per heavy atom. The van der Waals surface area contributed by atoms with Gasteiger partial charge in [-0.1, -0.05) is 62.2 Å². The number of hydrogen-bond acceptors (Lipinski definition) is 1. The second-order valence-corrected chi connectivity index (χ2v) is 5.41. The molecule has 0 amide bonds. The summed E-state index contributed by atoms with van der Waals surface area (Å²) < 4.78 is 1.79. The highest BCUT2D eigenvalue weighted by Gasteiger charge is 2.05. The normalized spacial score (nSPS) is 10.8. The fraction of sp³-hybridized carbons (Fsp3) is 0. The number of rotatable bonds is 3. The maximum Gasteiger partial charge on any atom is 0.186 e. The van der Waals surface area contributed by atoms with Gasteiger partial charge in [0.25, 0.3) is 0 Å². The van der Waals surface area contributed by atoms with Crippen LogP contribution in [0.4, 0.5) is 0 Å². The minimum absolute atomic E-state index is 0.0155. The number of allylic oxidation sites excluding steroid dienone is 1. The van der Waals surface area contributed by atoms with E-state index in [1.54, 1.807) is 12.1 Å². The molecule has 18 heavy (non-hydrogen) atoms. The smallest absolute Gasteiger partial charge is 0.186 e. The molecule has 2 rings (SSSR count). The van der Waals surface area contributed by atoms with Crippen molar-refractivity contribution in [2.45, 2.75) is 0 Å². The molecule has 0 aliphatic rings. The van der Waals surface area contributed by atoms with Crippen molar-refractivity contribution in [3.63, 3.8) is 0 Å². The number of carbonyl (C=O) groups is 1. The van der Waals surface area contributed by atoms with E-state index in [1.807, 2.05) is 48.5 Å². The Morgan fingerprint density at radius 2 is 1.50 bits per heavy atom. The SMILES string of the molecule is O=C(/C=C/c1ccccc1Br)c1ccccc1Br. The third kappa shape index (κ3) is 3.18. The van der Waals surface area contributed by atoms with Crippen molar-refractivity contribution in [3.8, 4) is 0 Å². The molecule has 2 aromatic carbocycles. The van der Waals surface area contributed by atoms with Gasteiger partial charge in [0.15, 0.2) is 5.78 Å². The van der Waals surface area contributed by atoms with Crippen LogP contribution in [0.5, 0.6) is 0 Å². The van der Waals surface area contributed by atoms with E-state index in [-0.39, 0.29) is 5.78 Å². The Kier molecular flexibility index (Phi) is 4.50. The van der Waals surface area contributed by atoms with Gasteiger partial charge >= 0.3 is 0 Å². The molecule has 2 aromatic rings. The Hall–Kier alpha value is -1.19. The second-order valence-electron chi connectivity index (χ2n) is 3.70. The maximum absolute atomic E-state index is 12.0. The van der Waals surface area contributed by atoms with Crippen molar-refractivity contribution in [2.24, 2.45) is 0 Å². The van der Waals surface area contributed by atoms with Crippen LogP contribution in [-0.4, -0.2) is 5.78 Å². The van der Waals surface area contributed by atoms with E-state index >= 15 is 0 Å². The summed E-state index contributed by atoms with van der Waals surface area (Å²) in [6.07, 6.45) is 3.39. The summed E-state index contributed by atoms with van der Waals surface area (Å²) in [4.78, 5) is 12.0. The van der Waals surface area contributed by atoms with E-state index in [9.17, 15) is 4.79 Å². The summed E-state index contributed by atoms with van der Waals surface area (Å²) in [5.74, 6) is -0.0155. The molecule has 0 spiro atoms. The quantitative estimate of drug-likeness (QED) is 0.545. The molecule has 0 unspecified atom stereocenters. The average molecular weight is 366 g/mol. The van der Waals surface area contributed by atoms with Gasteiger partial charge in [-0.2, -0.15) is 0 Å². The molecule has 0 bridgehead atoms. The van der Waals surface area contributed by atoms with Crippen molar-refractivity contribution in [2.75, 3.05) is 0 Å². The molecule has 0 N–H and O–H groups in total. The van der Waals surface area contributed by atoms with E-state index in [1.165, 1.54) is 0 Å². The lowest BCUT2D eigenvalue weighted by molar-refractivity contribution is 0.104. The Labute approximate surface area is 123 Å². The third-order valence-corrected chi connectivity index (χ3v) is 3.87. The largest absolute Gasteiger partial charge is 0.289 e. The molecule has 0 radical (unpaired) electrons. The van der Waals surface area contributed by atoms with Gasteiger partial charge in [-0.25, -0.2) is 0 Å². The zero-order chi connectivity index (χ0) is 13.0. The lowest BCUT2D eigenvalue weighted by atomic mass is 10.1. The molecule has 0 aromatic heterocycles. The number of benzene rings is 2. The minimum Gasteiger partial charge on any atom is -0.289 e. The Balaban J connectivity index is 2.23. The first-order chi connectivity index (χ1) is 8.68. The lowest BCUT2D eigenvalue weighted by Gasteiger charge is -1.99. The van der Waals surface area contributed by atoms with Crippen LogP contribution in [0.2, 0.25) is 0 Å². The van der Waals surface area contributed by atoms with Gasteiger partial charge in [0.1, 0.15) is 0 Å². The van der Waals surface area contributed by atoms with Gasteiger partial charge in [-0.3, -0.25) is 4.79 Å². The van der Waals surface area contributed by atoms with Crippen LogP contribution in [0.3, 0.4) is 0 Å². The van der Waals surface area contributed by atoms with E-state index < -0.39 is 0 Å². The average Bonchev–Trinajstić information content (AvgIpc) is 2.38. The van der Waals surface area contributed by atoms with Crippen molar-refractivity contribution < 1.29 is 4.79 Å². The summed E-state index contributed by atoms with van der Waals surface area (Å²) in [5.41, 5.74) is 1.65. The van der Waals surface area contributed by atoms with Gasteiger partial charge in [-0.05, 0) is 35.9 Å². The van der Waals surface area contributed by atoms with Gasteiger partial charge < -0.3 is 0 Å². The van der Waals surface area contributed by atoms with Crippen LogP contribution in [0.1, 0.15) is 15.9 Å². The van der Waals surface area contributed by atoms with Crippen LogP contribution in [-0.2, 0) is 0 Å². The molecule has 3 heteroatoms. The van der Waals surface area contributed by atoms with Crippen LogP contribution in [0.15, 0.2) is 63.6 Å². The highest BCUT2D eigenvalue weighted by Crippen LogP contribution is 2.19. The summed E-state index contributed by atoms with van der Waals surface area (Å²) >= 11 is 6.82. The molecule has 0 saturated heterocycles. The topological polar surface area (TPSA) is 17.1 Å². The number of halogens is 2. The van der Waals surface area contributed by atoms with E-state index in [4.69, 9.17) is 0 Å². The van der Waals surface area contributed by atoms with Crippen LogP contribution in [0.25, 0.3) is 6.08 Å². The lowest BCUT2D eigenvalue weighted by Crippen LogP contribution is -1.94. The molecule has 0 atom stereocenters. The van der Waals surface area contributed by atoms with Crippen LogP contribution < -0.4 is 0 Å². The van der Waals surface area contributed by atoms with Crippen LogP contribution >= 0.6 is 31.9 Å². The number of hydrogen-bond donors (Lipinski definition) is 0. The fourth-order valence-electron chi connectivity index (χ4n) is 1.53. The standard InChI is InChI=1S/C15H10Br2O/c16-13-7-3-1-5-11(13)9-10-15(18)12-6-2-4-8-14(12)17/h1-10H/b10-9+. The molecular formula is C15H10Br2O. The highest BCUT2D eigenvalue weighted by atomic mass is 79.9. The molecule has 90 valence electrons. The molecule has 1 nitrogen and oxygen atoms in total. The van der Waals surface area contributed by atoms with Crippen molar-refractivity contribution in [1.82, 2.24) is 0 Å². The number of ketones is 1. The van der Waals surface area contributed by atoms with Gasteiger partial charge in [0.2, 0.25) is 0 Å². The molecule has 0 aliphatic heterocycles. The first-order valence-corrected chi connectivity index (χ1v) is 6.98. The predicted octanol–water partition coefficient (Wildman–Crippen LogP) is 5.11. The van der Waals surface area contributed by atoms with Crippen LogP contribution in [0, 0.1) is 0 Å². The highest BCUT2D eigenvalue weighted by molar-refractivity contribution is 9.10. The van der Waals surface area contributed by atoms with Gasteiger partial charge in [0.05, 0.1) is 0 Å². The summed E-state index contributed by atoms with van der Waals surface area (Å²) in [6, 6.07) is 15.2. The molecule has 0 heterocycles. The summed E-state index contributed by atoms with van der Waals surface area (Å²) in [5, 5.41) is 0. The van der Waals surface area contributed by atoms with Crippen molar-refractivity contribution >= 4 is 43.7 Å².